The summed E-state index contributed by atoms with van der Waals surface area (Å²) in [5, 5.41) is 12.0. The molecule has 124 valence electrons. The quantitative estimate of drug-likeness (QED) is 0.673. The number of aromatic nitrogens is 3. The molecule has 0 aliphatic carbocycles. The minimum atomic E-state index is -0.250. The van der Waals surface area contributed by atoms with Crippen LogP contribution in [0, 0.1) is 0 Å². The van der Waals surface area contributed by atoms with Gasteiger partial charge in [0.2, 0.25) is 0 Å². The van der Waals surface area contributed by atoms with E-state index in [0.29, 0.717) is 22.6 Å². The van der Waals surface area contributed by atoms with Crippen LogP contribution in [0.15, 0.2) is 58.6 Å². The number of hydrogen-bond donors (Lipinski definition) is 3. The maximum Gasteiger partial charge on any atom is 0.256 e. The van der Waals surface area contributed by atoms with Crippen molar-refractivity contribution in [3.63, 3.8) is 0 Å². The molecule has 1 aliphatic heterocycles. The van der Waals surface area contributed by atoms with Gasteiger partial charge in [0.25, 0.3) is 11.8 Å². The second-order valence-corrected chi connectivity index (χ2v) is 6.46. The molecule has 2 amide bonds. The lowest BCUT2D eigenvalue weighted by atomic mass is 10.1. The highest BCUT2D eigenvalue weighted by Gasteiger charge is 2.20. The van der Waals surface area contributed by atoms with Crippen molar-refractivity contribution in [3.8, 4) is 0 Å². The molecule has 7 nitrogen and oxygen atoms in total. The van der Waals surface area contributed by atoms with E-state index in [2.05, 4.69) is 25.8 Å². The summed E-state index contributed by atoms with van der Waals surface area (Å²) in [6.45, 7) is 0.252. The van der Waals surface area contributed by atoms with Crippen LogP contribution in [-0.4, -0.2) is 27.0 Å². The first kappa shape index (κ1) is 15.4. The summed E-state index contributed by atoms with van der Waals surface area (Å²) in [6.07, 6.45) is 1.38. The first-order valence-electron chi connectivity index (χ1n) is 7.55. The number of benzene rings is 2. The zero-order chi connectivity index (χ0) is 17.2. The predicted octanol–water partition coefficient (Wildman–Crippen LogP) is 2.45. The van der Waals surface area contributed by atoms with Gasteiger partial charge in [-0.3, -0.25) is 14.7 Å². The number of aromatic amines is 1. The predicted molar refractivity (Wildman–Crippen MR) is 92.5 cm³/mol. The lowest BCUT2D eigenvalue weighted by molar-refractivity contribution is 0.0948. The van der Waals surface area contributed by atoms with Crippen molar-refractivity contribution in [2.24, 2.45) is 0 Å². The first-order chi connectivity index (χ1) is 12.2. The Morgan fingerprint density at radius 1 is 1.16 bits per heavy atom. The molecule has 2 aromatic carbocycles. The molecule has 0 atom stereocenters. The lowest BCUT2D eigenvalue weighted by Gasteiger charge is -2.09. The van der Waals surface area contributed by atoms with Gasteiger partial charge in [0.15, 0.2) is 0 Å². The fraction of sp³-hybridized carbons (Fsp3) is 0.0588. The van der Waals surface area contributed by atoms with E-state index in [1.807, 2.05) is 24.3 Å². The van der Waals surface area contributed by atoms with Gasteiger partial charge in [0, 0.05) is 15.4 Å². The van der Waals surface area contributed by atoms with E-state index in [-0.39, 0.29) is 18.4 Å². The molecule has 3 aromatic rings. The highest BCUT2D eigenvalue weighted by molar-refractivity contribution is 7.99. The second-order valence-electron chi connectivity index (χ2n) is 5.38. The maximum atomic E-state index is 12.4. The molecule has 4 rings (SSSR count). The van der Waals surface area contributed by atoms with Crippen molar-refractivity contribution in [2.75, 3.05) is 5.32 Å². The summed E-state index contributed by atoms with van der Waals surface area (Å²) in [7, 11) is 0. The number of amides is 2. The van der Waals surface area contributed by atoms with Crippen molar-refractivity contribution < 1.29 is 9.59 Å². The molecule has 1 aliphatic rings. The SMILES string of the molecule is O=C(NCc1ncn[nH]1)c1ccc2c(c1)NC(=O)c1ccccc1S2. The van der Waals surface area contributed by atoms with Crippen LogP contribution in [0.4, 0.5) is 5.69 Å². The number of nitrogens with zero attached hydrogens (tertiary/aromatic N) is 2. The molecule has 0 spiro atoms. The Bertz CT molecular complexity index is 955. The van der Waals surface area contributed by atoms with Gasteiger partial charge in [-0.2, -0.15) is 5.10 Å². The van der Waals surface area contributed by atoms with Crippen LogP contribution in [0.25, 0.3) is 0 Å². The number of carbonyl (C=O) groups is 2. The zero-order valence-corrected chi connectivity index (χ0v) is 13.8. The molecule has 0 saturated heterocycles. The van der Waals surface area contributed by atoms with Crippen molar-refractivity contribution in [3.05, 3.63) is 65.7 Å². The fourth-order valence-corrected chi connectivity index (χ4v) is 3.50. The molecule has 0 bridgehead atoms. The van der Waals surface area contributed by atoms with E-state index in [4.69, 9.17) is 0 Å². The summed E-state index contributed by atoms with van der Waals surface area (Å²) < 4.78 is 0. The number of nitrogens with one attached hydrogen (secondary N) is 3. The van der Waals surface area contributed by atoms with Gasteiger partial charge in [-0.1, -0.05) is 23.9 Å². The minimum Gasteiger partial charge on any atom is -0.345 e. The fourth-order valence-electron chi connectivity index (χ4n) is 2.49. The number of anilines is 1. The van der Waals surface area contributed by atoms with Crippen LogP contribution in [0.2, 0.25) is 0 Å². The topological polar surface area (TPSA) is 99.8 Å². The highest BCUT2D eigenvalue weighted by atomic mass is 32.2. The average Bonchev–Trinajstić information content (AvgIpc) is 3.10. The number of carbonyl (C=O) groups excluding carboxylic acids is 2. The minimum absolute atomic E-state index is 0.180. The summed E-state index contributed by atoms with van der Waals surface area (Å²) in [6, 6.07) is 12.7. The second kappa shape index (κ2) is 6.40. The standard InChI is InChI=1S/C17H13N5O2S/c23-16(18-8-15-19-9-20-22-15)10-5-6-14-12(7-10)21-17(24)11-3-1-2-4-13(11)25-14/h1-7,9H,8H2,(H,18,23)(H,21,24)(H,19,20,22). The molecular weight excluding hydrogens is 338 g/mol. The van der Waals surface area contributed by atoms with E-state index in [1.54, 1.807) is 18.2 Å². The van der Waals surface area contributed by atoms with Gasteiger partial charge in [0.05, 0.1) is 17.8 Å². The Labute approximate surface area is 147 Å². The van der Waals surface area contributed by atoms with Crippen LogP contribution in [0.5, 0.6) is 0 Å². The number of fused-ring (bicyclic) bond motifs is 2. The third-order valence-electron chi connectivity index (χ3n) is 3.72. The highest BCUT2D eigenvalue weighted by Crippen LogP contribution is 2.38. The van der Waals surface area contributed by atoms with E-state index in [1.165, 1.54) is 18.1 Å². The summed E-state index contributed by atoms with van der Waals surface area (Å²) in [5.41, 5.74) is 1.71. The first-order valence-corrected chi connectivity index (χ1v) is 8.37. The summed E-state index contributed by atoms with van der Waals surface area (Å²) in [5.74, 6) is 0.142. The summed E-state index contributed by atoms with van der Waals surface area (Å²) >= 11 is 1.50. The molecule has 0 radical (unpaired) electrons. The molecular formula is C17H13N5O2S. The summed E-state index contributed by atoms with van der Waals surface area (Å²) in [4.78, 5) is 30.4. The Kier molecular flexibility index (Phi) is 3.95. The maximum absolute atomic E-state index is 12.4. The Morgan fingerprint density at radius 2 is 2.04 bits per heavy atom. The van der Waals surface area contributed by atoms with Crippen molar-refractivity contribution in [1.29, 1.82) is 0 Å². The smallest absolute Gasteiger partial charge is 0.256 e. The molecule has 0 fully saturated rings. The third kappa shape index (κ3) is 3.11. The molecule has 25 heavy (non-hydrogen) atoms. The zero-order valence-electron chi connectivity index (χ0n) is 12.9. The average molecular weight is 351 g/mol. The van der Waals surface area contributed by atoms with Crippen LogP contribution < -0.4 is 10.6 Å². The van der Waals surface area contributed by atoms with Crippen LogP contribution in [-0.2, 0) is 6.54 Å². The Morgan fingerprint density at radius 3 is 2.88 bits per heavy atom. The van der Waals surface area contributed by atoms with Gasteiger partial charge in [-0.15, -0.1) is 0 Å². The van der Waals surface area contributed by atoms with E-state index in [9.17, 15) is 9.59 Å². The molecule has 8 heteroatoms. The molecule has 0 saturated carbocycles. The van der Waals surface area contributed by atoms with Crippen LogP contribution in [0.3, 0.4) is 0 Å². The molecule has 1 aromatic heterocycles. The van der Waals surface area contributed by atoms with E-state index in [0.717, 1.165) is 9.79 Å². The van der Waals surface area contributed by atoms with E-state index < -0.39 is 0 Å². The monoisotopic (exact) mass is 351 g/mol. The molecule has 3 N–H and O–H groups in total. The number of hydrogen-bond acceptors (Lipinski definition) is 5. The molecule has 2 heterocycles. The van der Waals surface area contributed by atoms with Gasteiger partial charge in [-0.25, -0.2) is 4.98 Å². The lowest BCUT2D eigenvalue weighted by Crippen LogP contribution is -2.23. The van der Waals surface area contributed by atoms with Gasteiger partial charge in [-0.05, 0) is 30.3 Å². The number of rotatable bonds is 3. The normalized spacial score (nSPS) is 12.6. The van der Waals surface area contributed by atoms with E-state index >= 15 is 0 Å². The molecule has 0 unspecified atom stereocenters. The third-order valence-corrected chi connectivity index (χ3v) is 4.87. The Hall–Kier alpha value is -3.13. The van der Waals surface area contributed by atoms with Crippen LogP contribution >= 0.6 is 11.8 Å². The van der Waals surface area contributed by atoms with Crippen molar-refractivity contribution >= 4 is 29.3 Å². The van der Waals surface area contributed by atoms with Crippen molar-refractivity contribution in [2.45, 2.75) is 16.3 Å². The number of H-pyrrole nitrogens is 1. The Balaban J connectivity index is 1.57. The van der Waals surface area contributed by atoms with Gasteiger partial charge >= 0.3 is 0 Å². The largest absolute Gasteiger partial charge is 0.345 e. The van der Waals surface area contributed by atoms with Gasteiger partial charge in [0.1, 0.15) is 12.2 Å². The van der Waals surface area contributed by atoms with Gasteiger partial charge < -0.3 is 10.6 Å². The van der Waals surface area contributed by atoms with Crippen LogP contribution in [0.1, 0.15) is 26.5 Å². The van der Waals surface area contributed by atoms with Crippen molar-refractivity contribution in [1.82, 2.24) is 20.5 Å².